The summed E-state index contributed by atoms with van der Waals surface area (Å²) in [5, 5.41) is 14.5. The fourth-order valence-electron chi connectivity index (χ4n) is 0. The number of nitrogens with zero attached hydrogens (tertiary/aromatic N) is 2. The van der Waals surface area contributed by atoms with Crippen LogP contribution in [-0.2, 0) is 0 Å². The van der Waals surface area contributed by atoms with E-state index in [1.165, 1.54) is 12.1 Å². The minimum atomic E-state index is 0. The Balaban J connectivity index is -0.0000000450. The third-order valence-electron chi connectivity index (χ3n) is 0.0500. The first-order valence-electron chi connectivity index (χ1n) is 0.697. The van der Waals surface area contributed by atoms with Crippen molar-refractivity contribution in [2.24, 2.45) is 0 Å². The third-order valence-corrected chi connectivity index (χ3v) is 0.0500. The Labute approximate surface area is 47.9 Å². The molecule has 0 heterocycles. The Morgan fingerprint density at radius 1 is 1.00 bits per heavy atom. The second-order valence-corrected chi connectivity index (χ2v) is 0.224. The summed E-state index contributed by atoms with van der Waals surface area (Å²) in [6, 6.07) is 2.47. The SMILES string of the molecule is N#CC#N.S.[SiH4]. The fourth-order valence-corrected chi connectivity index (χ4v) is 0. The minimum Gasteiger partial charge on any atom is -0.197 e. The van der Waals surface area contributed by atoms with Gasteiger partial charge in [0.15, 0.2) is 12.1 Å². The van der Waals surface area contributed by atoms with E-state index >= 15 is 0 Å². The molecule has 0 aromatic carbocycles. The lowest BCUT2D eigenvalue weighted by Gasteiger charge is -1.16. The van der Waals surface area contributed by atoms with Gasteiger partial charge >= 0.3 is 0 Å². The second-order valence-electron chi connectivity index (χ2n) is 0.224. The van der Waals surface area contributed by atoms with Gasteiger partial charge < -0.3 is 0 Å². The molecular weight excluding hydrogens is 112 g/mol. The lowest BCUT2D eigenvalue weighted by atomic mass is 10.9. The average molecular weight is 118 g/mol. The predicted molar refractivity (Wildman–Crippen MR) is 32.9 cm³/mol. The van der Waals surface area contributed by atoms with E-state index in [1.54, 1.807) is 0 Å². The van der Waals surface area contributed by atoms with Crippen LogP contribution in [0.5, 0.6) is 0 Å². The van der Waals surface area contributed by atoms with Crippen LogP contribution in [0.1, 0.15) is 0 Å². The molecule has 0 radical (unpaired) electrons. The Morgan fingerprint density at radius 2 is 1.17 bits per heavy atom. The number of nitriles is 2. The van der Waals surface area contributed by atoms with Crippen molar-refractivity contribution in [2.45, 2.75) is 0 Å². The van der Waals surface area contributed by atoms with E-state index in [0.717, 1.165) is 0 Å². The highest BCUT2D eigenvalue weighted by Crippen LogP contribution is 1.27. The van der Waals surface area contributed by atoms with Crippen LogP contribution in [0.3, 0.4) is 0 Å². The summed E-state index contributed by atoms with van der Waals surface area (Å²) in [7, 11) is 0. The average Bonchev–Trinajstić information content (AvgIpc) is 1.37. The highest BCUT2D eigenvalue weighted by molar-refractivity contribution is 7.59. The molecule has 2 nitrogen and oxygen atoms in total. The van der Waals surface area contributed by atoms with Crippen molar-refractivity contribution in [1.29, 1.82) is 10.5 Å². The molecule has 0 fully saturated rings. The van der Waals surface area contributed by atoms with Gasteiger partial charge in [0, 0.05) is 0 Å². The van der Waals surface area contributed by atoms with Gasteiger partial charge in [-0.05, 0) is 11.0 Å². The summed E-state index contributed by atoms with van der Waals surface area (Å²) in [5.41, 5.74) is 0. The summed E-state index contributed by atoms with van der Waals surface area (Å²) >= 11 is 0. The van der Waals surface area contributed by atoms with E-state index in [-0.39, 0.29) is 24.5 Å². The van der Waals surface area contributed by atoms with Crippen LogP contribution in [0.25, 0.3) is 0 Å². The van der Waals surface area contributed by atoms with Crippen molar-refractivity contribution in [2.75, 3.05) is 0 Å². The molecule has 0 aliphatic rings. The standard InChI is InChI=1S/C2N2.H2S.H4Si/c3-1-2-4;;/h;1H2;1H4. The maximum Gasteiger partial charge on any atom is 0.181 e. The van der Waals surface area contributed by atoms with Crippen molar-refractivity contribution in [1.82, 2.24) is 0 Å². The van der Waals surface area contributed by atoms with Crippen LogP contribution in [0.15, 0.2) is 0 Å². The topological polar surface area (TPSA) is 47.6 Å². The van der Waals surface area contributed by atoms with E-state index in [1.807, 2.05) is 0 Å². The molecule has 4 heteroatoms. The first kappa shape index (κ1) is 17.7. The smallest absolute Gasteiger partial charge is 0.181 e. The monoisotopic (exact) mass is 118 g/mol. The van der Waals surface area contributed by atoms with Crippen molar-refractivity contribution in [3.63, 3.8) is 0 Å². The van der Waals surface area contributed by atoms with Crippen LogP contribution < -0.4 is 0 Å². The van der Waals surface area contributed by atoms with Gasteiger partial charge in [0.25, 0.3) is 0 Å². The van der Waals surface area contributed by atoms with Gasteiger partial charge in [-0.2, -0.15) is 24.0 Å². The molecular formula is C2H6N2SSi. The highest BCUT2D eigenvalue weighted by Gasteiger charge is 1.39. The largest absolute Gasteiger partial charge is 0.197 e. The minimum absolute atomic E-state index is 0. The molecule has 0 unspecified atom stereocenters. The molecule has 6 heavy (non-hydrogen) atoms. The van der Waals surface area contributed by atoms with Gasteiger partial charge in [-0.15, -0.1) is 0 Å². The molecule has 0 aromatic heterocycles. The van der Waals surface area contributed by atoms with Crippen molar-refractivity contribution in [3.8, 4) is 12.1 Å². The molecule has 0 aliphatic heterocycles. The third kappa shape index (κ3) is 76.9. The molecule has 0 atom stereocenters. The Hall–Kier alpha value is -0.453. The Morgan fingerprint density at radius 3 is 1.17 bits per heavy atom. The lowest BCUT2D eigenvalue weighted by molar-refractivity contribution is 1.49. The van der Waals surface area contributed by atoms with E-state index in [9.17, 15) is 0 Å². The maximum atomic E-state index is 7.26. The quantitative estimate of drug-likeness (QED) is 0.371. The zero-order valence-corrected chi connectivity index (χ0v) is 3.39. The molecule has 34 valence electrons. The molecule has 0 N–H and O–H groups in total. The second kappa shape index (κ2) is 23.9. The summed E-state index contributed by atoms with van der Waals surface area (Å²) in [6.07, 6.45) is 0. The molecule has 0 spiro atoms. The van der Waals surface area contributed by atoms with Gasteiger partial charge in [0.05, 0.1) is 0 Å². The van der Waals surface area contributed by atoms with Crippen LogP contribution in [-0.4, -0.2) is 11.0 Å². The van der Waals surface area contributed by atoms with Crippen LogP contribution >= 0.6 is 13.5 Å². The lowest BCUT2D eigenvalue weighted by Crippen LogP contribution is -1.26. The Bertz CT molecular complexity index is 66.5. The predicted octanol–water partition coefficient (Wildman–Crippen LogP) is -1.31. The highest BCUT2D eigenvalue weighted by atomic mass is 32.1. The van der Waals surface area contributed by atoms with Crippen molar-refractivity contribution < 1.29 is 0 Å². The molecule has 0 rings (SSSR count). The van der Waals surface area contributed by atoms with Crippen LogP contribution in [0.2, 0.25) is 0 Å². The van der Waals surface area contributed by atoms with Crippen LogP contribution in [0, 0.1) is 22.7 Å². The number of hydrogen-bond donors (Lipinski definition) is 0. The van der Waals surface area contributed by atoms with Gasteiger partial charge in [-0.25, -0.2) is 0 Å². The molecule has 0 saturated heterocycles. The van der Waals surface area contributed by atoms with Gasteiger partial charge in [0.1, 0.15) is 0 Å². The molecule has 0 saturated carbocycles. The summed E-state index contributed by atoms with van der Waals surface area (Å²) < 4.78 is 0. The van der Waals surface area contributed by atoms with Gasteiger partial charge in [0.2, 0.25) is 0 Å². The Kier molecular flexibility index (Phi) is 70.4. The van der Waals surface area contributed by atoms with E-state index in [0.29, 0.717) is 0 Å². The number of hydrogen-bond acceptors (Lipinski definition) is 2. The van der Waals surface area contributed by atoms with E-state index in [4.69, 9.17) is 10.5 Å². The van der Waals surface area contributed by atoms with E-state index < -0.39 is 0 Å². The first-order valence-corrected chi connectivity index (χ1v) is 0.697. The molecule has 0 amide bonds. The summed E-state index contributed by atoms with van der Waals surface area (Å²) in [5.74, 6) is 0. The van der Waals surface area contributed by atoms with Crippen molar-refractivity contribution >= 4 is 24.5 Å². The zero-order chi connectivity index (χ0) is 3.41. The normalized spacial score (nSPS) is 1.67. The van der Waals surface area contributed by atoms with Crippen LogP contribution in [0.4, 0.5) is 0 Å². The first-order chi connectivity index (χ1) is 1.91. The summed E-state index contributed by atoms with van der Waals surface area (Å²) in [4.78, 5) is 0. The van der Waals surface area contributed by atoms with E-state index in [2.05, 4.69) is 0 Å². The fraction of sp³-hybridized carbons (Fsp3) is 0. The molecule has 0 aliphatic carbocycles. The molecule has 0 bridgehead atoms. The van der Waals surface area contributed by atoms with Gasteiger partial charge in [-0.3, -0.25) is 0 Å². The maximum absolute atomic E-state index is 7.26. The van der Waals surface area contributed by atoms with Crippen molar-refractivity contribution in [3.05, 3.63) is 0 Å². The molecule has 0 aromatic rings. The number of rotatable bonds is 0. The summed E-state index contributed by atoms with van der Waals surface area (Å²) in [6.45, 7) is 0. The van der Waals surface area contributed by atoms with Gasteiger partial charge in [-0.1, -0.05) is 0 Å². The zero-order valence-electron chi connectivity index (χ0n) is 2.39.